The molecular formula is C12H13F3N2O3. The zero-order valence-corrected chi connectivity index (χ0v) is 10.9. The van der Waals surface area contributed by atoms with E-state index in [1.165, 1.54) is 7.11 Å². The van der Waals surface area contributed by atoms with E-state index in [-0.39, 0.29) is 18.7 Å². The second kappa shape index (κ2) is 6.36. The molecule has 0 aromatic carbocycles. The summed E-state index contributed by atoms with van der Waals surface area (Å²) >= 11 is 0. The van der Waals surface area contributed by atoms with Crippen molar-refractivity contribution in [1.82, 2.24) is 9.88 Å². The number of esters is 1. The topological polar surface area (TPSA) is 59.5 Å². The number of likely N-dealkylation sites (N-methyl/N-ethyl adjacent to an activating group) is 1. The van der Waals surface area contributed by atoms with Crippen LogP contribution in [0.5, 0.6) is 0 Å². The highest BCUT2D eigenvalue weighted by atomic mass is 19.4. The molecule has 110 valence electrons. The Kier molecular flexibility index (Phi) is 5.06. The van der Waals surface area contributed by atoms with Crippen molar-refractivity contribution < 1.29 is 27.5 Å². The molecule has 0 saturated heterocycles. The maximum atomic E-state index is 12.3. The van der Waals surface area contributed by atoms with Crippen molar-refractivity contribution in [2.45, 2.75) is 13.1 Å². The fraction of sp³-hybridized carbons (Fsp3) is 0.417. The first kappa shape index (κ1) is 15.9. The fourth-order valence-corrected chi connectivity index (χ4v) is 1.42. The van der Waals surface area contributed by atoms with Crippen LogP contribution >= 0.6 is 0 Å². The monoisotopic (exact) mass is 290 g/mol. The second-order valence-corrected chi connectivity index (χ2v) is 3.83. The van der Waals surface area contributed by atoms with Crippen molar-refractivity contribution in [3.05, 3.63) is 29.6 Å². The molecule has 0 aliphatic carbocycles. The number of nitrogens with zero attached hydrogens (tertiary/aromatic N) is 2. The van der Waals surface area contributed by atoms with E-state index in [1.54, 1.807) is 6.92 Å². The molecule has 0 spiro atoms. The summed E-state index contributed by atoms with van der Waals surface area (Å²) in [6.07, 6.45) is -3.72. The summed E-state index contributed by atoms with van der Waals surface area (Å²) in [7, 11) is 1.18. The molecule has 0 saturated carbocycles. The highest BCUT2D eigenvalue weighted by Crippen LogP contribution is 2.27. The zero-order chi connectivity index (χ0) is 15.3. The van der Waals surface area contributed by atoms with Gasteiger partial charge in [0.2, 0.25) is 0 Å². The van der Waals surface area contributed by atoms with Crippen LogP contribution in [0.15, 0.2) is 18.3 Å². The molecule has 1 rings (SSSR count). The van der Waals surface area contributed by atoms with E-state index in [2.05, 4.69) is 9.72 Å². The molecule has 1 aromatic heterocycles. The van der Waals surface area contributed by atoms with Crippen molar-refractivity contribution >= 4 is 11.9 Å². The van der Waals surface area contributed by atoms with Gasteiger partial charge in [0, 0.05) is 12.7 Å². The van der Waals surface area contributed by atoms with Crippen LogP contribution in [0.25, 0.3) is 0 Å². The van der Waals surface area contributed by atoms with Crippen LogP contribution in [-0.4, -0.2) is 42.0 Å². The Balaban J connectivity index is 2.88. The van der Waals surface area contributed by atoms with Crippen molar-refractivity contribution in [1.29, 1.82) is 0 Å². The number of amides is 1. The number of carbonyl (C=O) groups is 2. The summed E-state index contributed by atoms with van der Waals surface area (Å²) in [4.78, 5) is 27.5. The van der Waals surface area contributed by atoms with E-state index in [0.717, 1.165) is 23.2 Å². The molecule has 0 aliphatic rings. The van der Waals surface area contributed by atoms with E-state index in [4.69, 9.17) is 0 Å². The first-order chi connectivity index (χ1) is 9.29. The average molecular weight is 290 g/mol. The van der Waals surface area contributed by atoms with Gasteiger partial charge in [0.1, 0.15) is 12.2 Å². The molecule has 0 unspecified atom stereocenters. The van der Waals surface area contributed by atoms with Gasteiger partial charge >= 0.3 is 12.1 Å². The third-order valence-corrected chi connectivity index (χ3v) is 2.52. The number of rotatable bonds is 4. The van der Waals surface area contributed by atoms with Crippen molar-refractivity contribution in [3.8, 4) is 0 Å². The number of carbonyl (C=O) groups excluding carboxylic acids is 2. The Morgan fingerprint density at radius 2 is 2.00 bits per heavy atom. The average Bonchev–Trinajstić information content (AvgIpc) is 2.42. The van der Waals surface area contributed by atoms with Gasteiger partial charge in [0.25, 0.3) is 5.91 Å². The predicted molar refractivity (Wildman–Crippen MR) is 62.8 cm³/mol. The third-order valence-electron chi connectivity index (χ3n) is 2.52. The Bertz CT molecular complexity index is 486. The lowest BCUT2D eigenvalue weighted by atomic mass is 10.2. The molecule has 1 aromatic rings. The number of ether oxygens (including phenoxy) is 1. The van der Waals surface area contributed by atoms with E-state index < -0.39 is 23.7 Å². The van der Waals surface area contributed by atoms with Gasteiger partial charge in [-0.2, -0.15) is 13.2 Å². The highest BCUT2D eigenvalue weighted by molar-refractivity contribution is 5.95. The molecule has 0 bridgehead atoms. The predicted octanol–water partition coefficient (Wildman–Crippen LogP) is 1.74. The Morgan fingerprint density at radius 3 is 2.40 bits per heavy atom. The van der Waals surface area contributed by atoms with Gasteiger partial charge in [-0.05, 0) is 19.1 Å². The van der Waals surface area contributed by atoms with Crippen LogP contribution in [0.1, 0.15) is 23.0 Å². The van der Waals surface area contributed by atoms with Crippen LogP contribution in [0.2, 0.25) is 0 Å². The lowest BCUT2D eigenvalue weighted by Crippen LogP contribution is -2.36. The molecule has 5 nitrogen and oxygen atoms in total. The summed E-state index contributed by atoms with van der Waals surface area (Å²) in [5, 5.41) is 0. The molecular weight excluding hydrogens is 277 g/mol. The Hall–Kier alpha value is -2.12. The summed E-state index contributed by atoms with van der Waals surface area (Å²) in [5.41, 5.74) is -1.10. The van der Waals surface area contributed by atoms with Crippen LogP contribution in [-0.2, 0) is 15.7 Å². The van der Waals surface area contributed by atoms with E-state index in [9.17, 15) is 22.8 Å². The van der Waals surface area contributed by atoms with Crippen LogP contribution in [0, 0.1) is 0 Å². The first-order valence-corrected chi connectivity index (χ1v) is 5.69. The fourth-order valence-electron chi connectivity index (χ4n) is 1.42. The molecule has 0 fully saturated rings. The minimum absolute atomic E-state index is 0.0243. The second-order valence-electron chi connectivity index (χ2n) is 3.83. The lowest BCUT2D eigenvalue weighted by molar-refractivity contribution is -0.141. The summed E-state index contributed by atoms with van der Waals surface area (Å²) in [5.74, 6) is -1.20. The molecule has 0 N–H and O–H groups in total. The van der Waals surface area contributed by atoms with Gasteiger partial charge in [-0.3, -0.25) is 14.6 Å². The van der Waals surface area contributed by atoms with Gasteiger partial charge in [0.15, 0.2) is 0 Å². The zero-order valence-electron chi connectivity index (χ0n) is 10.9. The number of halogens is 3. The largest absolute Gasteiger partial charge is 0.468 e. The minimum Gasteiger partial charge on any atom is -0.468 e. The van der Waals surface area contributed by atoms with E-state index in [0.29, 0.717) is 0 Å². The number of methoxy groups -OCH3 is 1. The smallest absolute Gasteiger partial charge is 0.433 e. The number of pyridine rings is 1. The normalized spacial score (nSPS) is 11.1. The van der Waals surface area contributed by atoms with Gasteiger partial charge in [-0.1, -0.05) is 0 Å². The summed E-state index contributed by atoms with van der Waals surface area (Å²) < 4.78 is 41.5. The molecule has 0 atom stereocenters. The Labute approximate surface area is 113 Å². The SMILES string of the molecule is CCN(CC(=O)OC)C(=O)c1ccc(C(F)(F)F)nc1. The summed E-state index contributed by atoms with van der Waals surface area (Å²) in [6, 6.07) is 1.75. The maximum Gasteiger partial charge on any atom is 0.433 e. The van der Waals surface area contributed by atoms with E-state index >= 15 is 0 Å². The van der Waals surface area contributed by atoms with Crippen molar-refractivity contribution in [3.63, 3.8) is 0 Å². The number of hydrogen-bond acceptors (Lipinski definition) is 4. The molecule has 8 heteroatoms. The van der Waals surface area contributed by atoms with Gasteiger partial charge in [-0.15, -0.1) is 0 Å². The highest BCUT2D eigenvalue weighted by Gasteiger charge is 2.32. The van der Waals surface area contributed by atoms with Crippen LogP contribution < -0.4 is 0 Å². The number of hydrogen-bond donors (Lipinski definition) is 0. The summed E-state index contributed by atoms with van der Waals surface area (Å²) in [6.45, 7) is 1.58. The van der Waals surface area contributed by atoms with Crippen LogP contribution in [0.4, 0.5) is 13.2 Å². The minimum atomic E-state index is -4.56. The first-order valence-electron chi connectivity index (χ1n) is 5.69. The van der Waals surface area contributed by atoms with Gasteiger partial charge in [0.05, 0.1) is 12.7 Å². The lowest BCUT2D eigenvalue weighted by Gasteiger charge is -2.19. The maximum absolute atomic E-state index is 12.3. The molecule has 1 amide bonds. The van der Waals surface area contributed by atoms with E-state index in [1.807, 2.05) is 0 Å². The molecule has 0 radical (unpaired) electrons. The molecule has 1 heterocycles. The molecule has 20 heavy (non-hydrogen) atoms. The van der Waals surface area contributed by atoms with Gasteiger partial charge < -0.3 is 9.64 Å². The molecule has 0 aliphatic heterocycles. The standard InChI is InChI=1S/C12H13F3N2O3/c1-3-17(7-10(18)20-2)11(19)8-4-5-9(16-6-8)12(13,14)15/h4-6H,3,7H2,1-2H3. The quantitative estimate of drug-likeness (QED) is 0.792. The number of alkyl halides is 3. The van der Waals surface area contributed by atoms with Gasteiger partial charge in [-0.25, -0.2) is 0 Å². The van der Waals surface area contributed by atoms with Crippen molar-refractivity contribution in [2.24, 2.45) is 0 Å². The number of aromatic nitrogens is 1. The third kappa shape index (κ3) is 3.94. The van der Waals surface area contributed by atoms with Crippen molar-refractivity contribution in [2.75, 3.05) is 20.2 Å². The van der Waals surface area contributed by atoms with Crippen LogP contribution in [0.3, 0.4) is 0 Å². The Morgan fingerprint density at radius 1 is 1.35 bits per heavy atom.